The molecular formula is C19H29N3O2S. The summed E-state index contributed by atoms with van der Waals surface area (Å²) < 4.78 is 5.50. The number of amides is 1. The maximum atomic E-state index is 12.2. The van der Waals surface area contributed by atoms with Gasteiger partial charge in [0.15, 0.2) is 0 Å². The van der Waals surface area contributed by atoms with Gasteiger partial charge in [0.05, 0.1) is 18.6 Å². The third-order valence-electron chi connectivity index (χ3n) is 5.27. The molecule has 1 unspecified atom stereocenters. The summed E-state index contributed by atoms with van der Waals surface area (Å²) in [5.74, 6) is 1.85. The molecular weight excluding hydrogens is 334 g/mol. The van der Waals surface area contributed by atoms with Crippen LogP contribution in [-0.2, 0) is 4.79 Å². The number of para-hydroxylation sites is 2. The first kappa shape index (κ1) is 18.4. The second kappa shape index (κ2) is 8.81. The van der Waals surface area contributed by atoms with Gasteiger partial charge in [-0.25, -0.2) is 0 Å². The molecule has 0 aliphatic carbocycles. The fraction of sp³-hybridized carbons (Fsp3) is 0.632. The van der Waals surface area contributed by atoms with Crippen molar-refractivity contribution < 1.29 is 9.53 Å². The van der Waals surface area contributed by atoms with Crippen LogP contribution in [0.4, 0.5) is 5.69 Å². The van der Waals surface area contributed by atoms with Crippen molar-refractivity contribution in [3.05, 3.63) is 24.3 Å². The number of rotatable bonds is 5. The maximum Gasteiger partial charge on any atom is 0.232 e. The number of hydrogen-bond acceptors (Lipinski definition) is 5. The SMILES string of the molecule is COc1ccccc1N1CCN(C2CCCN(C(=O)CSC)C2)CC1. The molecule has 0 saturated carbocycles. The predicted octanol–water partition coefficient (Wildman–Crippen LogP) is 2.17. The molecule has 25 heavy (non-hydrogen) atoms. The van der Waals surface area contributed by atoms with Crippen molar-refractivity contribution in [2.24, 2.45) is 0 Å². The molecule has 2 aliphatic rings. The van der Waals surface area contributed by atoms with Gasteiger partial charge in [0.2, 0.25) is 5.91 Å². The number of anilines is 1. The number of carbonyl (C=O) groups is 1. The highest BCUT2D eigenvalue weighted by atomic mass is 32.2. The molecule has 0 spiro atoms. The number of hydrogen-bond donors (Lipinski definition) is 0. The topological polar surface area (TPSA) is 36.0 Å². The van der Waals surface area contributed by atoms with Gasteiger partial charge >= 0.3 is 0 Å². The monoisotopic (exact) mass is 363 g/mol. The zero-order chi connectivity index (χ0) is 17.6. The molecule has 138 valence electrons. The Hall–Kier alpha value is -1.40. The summed E-state index contributed by atoms with van der Waals surface area (Å²) in [6, 6.07) is 8.76. The molecule has 0 aromatic heterocycles. The molecule has 5 nitrogen and oxygen atoms in total. The third-order valence-corrected chi connectivity index (χ3v) is 5.81. The summed E-state index contributed by atoms with van der Waals surface area (Å²) in [6.07, 6.45) is 4.33. The number of piperidine rings is 1. The van der Waals surface area contributed by atoms with E-state index in [1.54, 1.807) is 18.9 Å². The van der Waals surface area contributed by atoms with Gasteiger partial charge in [-0.05, 0) is 31.2 Å². The molecule has 6 heteroatoms. The van der Waals surface area contributed by atoms with Gasteiger partial charge in [-0.15, -0.1) is 0 Å². The average Bonchev–Trinajstić information content (AvgIpc) is 2.68. The molecule has 0 N–H and O–H groups in total. The van der Waals surface area contributed by atoms with Crippen LogP contribution < -0.4 is 9.64 Å². The number of methoxy groups -OCH3 is 1. The molecule has 3 rings (SSSR count). The van der Waals surface area contributed by atoms with E-state index in [0.717, 1.165) is 51.4 Å². The van der Waals surface area contributed by atoms with E-state index in [-0.39, 0.29) is 0 Å². The highest BCUT2D eigenvalue weighted by molar-refractivity contribution is 7.99. The third kappa shape index (κ3) is 4.42. The van der Waals surface area contributed by atoms with E-state index in [1.807, 2.05) is 18.4 Å². The van der Waals surface area contributed by atoms with Crippen LogP contribution in [-0.4, -0.2) is 80.1 Å². The summed E-state index contributed by atoms with van der Waals surface area (Å²) >= 11 is 1.62. The second-order valence-corrected chi connectivity index (χ2v) is 7.63. The standard InChI is InChI=1S/C19H29N3O2S/c1-24-18-8-4-3-7-17(18)21-12-10-20(11-13-21)16-6-5-9-22(14-16)19(23)15-25-2/h3-4,7-8,16H,5-6,9-15H2,1-2H3. The molecule has 2 saturated heterocycles. The Bertz CT molecular complexity index is 576. The molecule has 0 bridgehead atoms. The Kier molecular flexibility index (Phi) is 6.48. The fourth-order valence-corrected chi connectivity index (χ4v) is 4.34. The molecule has 1 amide bonds. The van der Waals surface area contributed by atoms with E-state index < -0.39 is 0 Å². The van der Waals surface area contributed by atoms with Crippen LogP contribution in [0.2, 0.25) is 0 Å². The molecule has 2 fully saturated rings. The molecule has 2 aliphatic heterocycles. The minimum absolute atomic E-state index is 0.296. The van der Waals surface area contributed by atoms with Crippen LogP contribution in [0.3, 0.4) is 0 Å². The van der Waals surface area contributed by atoms with Crippen LogP contribution in [0.15, 0.2) is 24.3 Å². The van der Waals surface area contributed by atoms with Crippen molar-refractivity contribution >= 4 is 23.4 Å². The summed E-state index contributed by atoms with van der Waals surface area (Å²) in [5.41, 5.74) is 1.19. The normalized spacial score (nSPS) is 22.1. The van der Waals surface area contributed by atoms with Gasteiger partial charge in [-0.2, -0.15) is 11.8 Å². The van der Waals surface area contributed by atoms with Crippen molar-refractivity contribution in [3.8, 4) is 5.75 Å². The highest BCUT2D eigenvalue weighted by Gasteiger charge is 2.30. The number of ether oxygens (including phenoxy) is 1. The first-order valence-electron chi connectivity index (χ1n) is 9.11. The highest BCUT2D eigenvalue weighted by Crippen LogP contribution is 2.29. The number of benzene rings is 1. The summed E-state index contributed by atoms with van der Waals surface area (Å²) in [6.45, 7) is 5.94. The first-order chi connectivity index (χ1) is 12.2. The van der Waals surface area contributed by atoms with Gasteiger partial charge in [0.1, 0.15) is 5.75 Å². The number of thioether (sulfide) groups is 1. The number of nitrogens with zero attached hydrogens (tertiary/aromatic N) is 3. The van der Waals surface area contributed by atoms with Crippen LogP contribution in [0.1, 0.15) is 12.8 Å². The summed E-state index contributed by atoms with van der Waals surface area (Å²) in [7, 11) is 1.73. The largest absolute Gasteiger partial charge is 0.495 e. The average molecular weight is 364 g/mol. The number of piperazine rings is 1. The van der Waals surface area contributed by atoms with Crippen LogP contribution in [0.5, 0.6) is 5.75 Å². The van der Waals surface area contributed by atoms with Gasteiger partial charge < -0.3 is 14.5 Å². The Morgan fingerprint density at radius 3 is 2.68 bits per heavy atom. The molecule has 0 radical (unpaired) electrons. The fourth-order valence-electron chi connectivity index (χ4n) is 3.91. The maximum absolute atomic E-state index is 12.2. The minimum atomic E-state index is 0.296. The smallest absolute Gasteiger partial charge is 0.232 e. The number of carbonyl (C=O) groups excluding carboxylic acids is 1. The van der Waals surface area contributed by atoms with E-state index in [4.69, 9.17) is 4.74 Å². The van der Waals surface area contributed by atoms with Gasteiger partial charge in [-0.3, -0.25) is 9.69 Å². The predicted molar refractivity (Wildman–Crippen MR) is 105 cm³/mol. The summed E-state index contributed by atoms with van der Waals surface area (Å²) in [4.78, 5) is 19.3. The van der Waals surface area contributed by atoms with E-state index in [0.29, 0.717) is 17.7 Å². The van der Waals surface area contributed by atoms with E-state index in [9.17, 15) is 4.79 Å². The zero-order valence-electron chi connectivity index (χ0n) is 15.3. The summed E-state index contributed by atoms with van der Waals surface area (Å²) in [5, 5.41) is 0. The Morgan fingerprint density at radius 2 is 1.96 bits per heavy atom. The van der Waals surface area contributed by atoms with Crippen LogP contribution in [0, 0.1) is 0 Å². The lowest BCUT2D eigenvalue weighted by molar-refractivity contribution is -0.130. The quantitative estimate of drug-likeness (QED) is 0.801. The van der Waals surface area contributed by atoms with Gasteiger partial charge in [0, 0.05) is 45.3 Å². The van der Waals surface area contributed by atoms with Gasteiger partial charge in [0.25, 0.3) is 0 Å². The Labute approximate surface area is 155 Å². The Balaban J connectivity index is 1.56. The van der Waals surface area contributed by atoms with E-state index in [1.165, 1.54) is 12.1 Å². The Morgan fingerprint density at radius 1 is 1.20 bits per heavy atom. The lowest BCUT2D eigenvalue weighted by Gasteiger charge is -2.44. The molecule has 1 atom stereocenters. The van der Waals surface area contributed by atoms with Gasteiger partial charge in [-0.1, -0.05) is 12.1 Å². The van der Waals surface area contributed by atoms with E-state index in [2.05, 4.69) is 26.8 Å². The zero-order valence-corrected chi connectivity index (χ0v) is 16.1. The molecule has 1 aromatic rings. The molecule has 2 heterocycles. The first-order valence-corrected chi connectivity index (χ1v) is 10.5. The molecule has 1 aromatic carbocycles. The van der Waals surface area contributed by atoms with Crippen LogP contribution in [0.25, 0.3) is 0 Å². The van der Waals surface area contributed by atoms with Crippen LogP contribution >= 0.6 is 11.8 Å². The lowest BCUT2D eigenvalue weighted by Crippen LogP contribution is -2.56. The van der Waals surface area contributed by atoms with Crippen molar-refractivity contribution in [3.63, 3.8) is 0 Å². The number of likely N-dealkylation sites (tertiary alicyclic amines) is 1. The lowest BCUT2D eigenvalue weighted by atomic mass is 10.0. The van der Waals surface area contributed by atoms with Crippen molar-refractivity contribution in [2.75, 3.05) is 63.3 Å². The second-order valence-electron chi connectivity index (χ2n) is 6.76. The van der Waals surface area contributed by atoms with Crippen molar-refractivity contribution in [2.45, 2.75) is 18.9 Å². The van der Waals surface area contributed by atoms with E-state index >= 15 is 0 Å². The van der Waals surface area contributed by atoms with Crippen molar-refractivity contribution in [1.29, 1.82) is 0 Å². The van der Waals surface area contributed by atoms with Crippen molar-refractivity contribution in [1.82, 2.24) is 9.80 Å². The minimum Gasteiger partial charge on any atom is -0.495 e.